The zero-order valence-electron chi connectivity index (χ0n) is 19.6. The minimum Gasteiger partial charge on any atom is -0.452 e. The van der Waals surface area contributed by atoms with Gasteiger partial charge >= 0.3 is 5.97 Å². The third-order valence-corrected chi connectivity index (χ3v) is 6.03. The molecule has 1 amide bonds. The molecule has 10 nitrogen and oxygen atoms in total. The maximum absolute atomic E-state index is 13.0. The van der Waals surface area contributed by atoms with Crippen LogP contribution in [0.5, 0.6) is 0 Å². The van der Waals surface area contributed by atoms with Crippen molar-refractivity contribution in [3.05, 3.63) is 69.0 Å². The van der Waals surface area contributed by atoms with Crippen molar-refractivity contribution in [3.8, 4) is 0 Å². The van der Waals surface area contributed by atoms with Crippen LogP contribution in [0.2, 0.25) is 0 Å². The summed E-state index contributed by atoms with van der Waals surface area (Å²) >= 11 is 1.07. The number of amides is 1. The number of carbonyl (C=O) groups is 2. The molecule has 1 atom stereocenters. The van der Waals surface area contributed by atoms with Crippen LogP contribution in [0.1, 0.15) is 27.2 Å². The molecule has 0 saturated heterocycles. The van der Waals surface area contributed by atoms with E-state index in [2.05, 4.69) is 24.1 Å². The van der Waals surface area contributed by atoms with Crippen LogP contribution in [-0.2, 0) is 20.9 Å². The Kier molecular flexibility index (Phi) is 8.58. The number of esters is 1. The molecule has 35 heavy (non-hydrogen) atoms. The number of non-ortho nitro benzene ring substituents is 1. The van der Waals surface area contributed by atoms with E-state index < -0.39 is 22.9 Å². The number of fused-ring (bicyclic) bond motifs is 1. The van der Waals surface area contributed by atoms with Crippen LogP contribution in [0, 0.1) is 16.0 Å². The molecule has 0 fully saturated rings. The predicted octanol–water partition coefficient (Wildman–Crippen LogP) is 4.01. The lowest BCUT2D eigenvalue weighted by Crippen LogP contribution is -2.30. The molecule has 1 heterocycles. The van der Waals surface area contributed by atoms with Crippen LogP contribution in [0.4, 0.5) is 11.4 Å². The van der Waals surface area contributed by atoms with E-state index in [0.29, 0.717) is 28.5 Å². The zero-order chi connectivity index (χ0) is 25.5. The molecule has 1 aromatic heterocycles. The second-order valence-electron chi connectivity index (χ2n) is 8.27. The lowest BCUT2D eigenvalue weighted by Gasteiger charge is -2.15. The van der Waals surface area contributed by atoms with Crippen LogP contribution < -0.4 is 10.9 Å². The number of hydrogen-bond donors (Lipinski definition) is 1. The molecule has 1 unspecified atom stereocenters. The molecule has 3 rings (SSSR count). The van der Waals surface area contributed by atoms with Gasteiger partial charge in [0.05, 0.1) is 21.6 Å². The summed E-state index contributed by atoms with van der Waals surface area (Å²) < 4.78 is 6.79. The van der Waals surface area contributed by atoms with Crippen molar-refractivity contribution in [1.82, 2.24) is 9.55 Å². The fourth-order valence-corrected chi connectivity index (χ4v) is 4.00. The number of nitro groups is 1. The van der Waals surface area contributed by atoms with Crippen LogP contribution in [0.25, 0.3) is 10.9 Å². The minimum atomic E-state index is -1.13. The van der Waals surface area contributed by atoms with E-state index in [9.17, 15) is 24.5 Å². The lowest BCUT2D eigenvalue weighted by atomic mass is 10.1. The Morgan fingerprint density at radius 3 is 2.63 bits per heavy atom. The summed E-state index contributed by atoms with van der Waals surface area (Å²) in [5, 5.41) is 14.3. The first-order chi connectivity index (χ1) is 16.7. The number of anilines is 1. The van der Waals surface area contributed by atoms with Gasteiger partial charge in [-0.25, -0.2) is 4.98 Å². The SMILES string of the molecule is CC(C)CCn1c(SCC(=O)OC(C)C(=O)Nc2cccc([N+](=O)[O-])c2)nc2ccccc2c1=O. The fraction of sp³-hybridized carbons (Fsp3) is 0.333. The second-order valence-corrected chi connectivity index (χ2v) is 9.21. The van der Waals surface area contributed by atoms with Gasteiger partial charge in [0.2, 0.25) is 0 Å². The number of para-hydroxylation sites is 1. The zero-order valence-corrected chi connectivity index (χ0v) is 20.4. The van der Waals surface area contributed by atoms with Gasteiger partial charge in [0.1, 0.15) is 0 Å². The van der Waals surface area contributed by atoms with E-state index in [1.807, 2.05) is 0 Å². The third kappa shape index (κ3) is 6.89. The molecule has 3 aromatic rings. The summed E-state index contributed by atoms with van der Waals surface area (Å²) in [7, 11) is 0. The molecule has 0 bridgehead atoms. The lowest BCUT2D eigenvalue weighted by molar-refractivity contribution is -0.384. The monoisotopic (exact) mass is 498 g/mol. The Balaban J connectivity index is 1.66. The number of nitrogens with zero attached hydrogens (tertiary/aromatic N) is 3. The maximum atomic E-state index is 13.0. The van der Waals surface area contributed by atoms with Gasteiger partial charge in [-0.15, -0.1) is 0 Å². The molecule has 184 valence electrons. The van der Waals surface area contributed by atoms with Gasteiger partial charge in [-0.05, 0) is 37.5 Å². The Morgan fingerprint density at radius 2 is 1.91 bits per heavy atom. The van der Waals surface area contributed by atoms with Crippen molar-refractivity contribution in [1.29, 1.82) is 0 Å². The molecule has 0 aliphatic rings. The number of nitrogens with one attached hydrogen (secondary N) is 1. The summed E-state index contributed by atoms with van der Waals surface area (Å²) in [5.74, 6) is -1.06. The van der Waals surface area contributed by atoms with Crippen molar-refractivity contribution in [3.63, 3.8) is 0 Å². The quantitative estimate of drug-likeness (QED) is 0.146. The first-order valence-corrected chi connectivity index (χ1v) is 12.0. The smallest absolute Gasteiger partial charge is 0.317 e. The normalized spacial score (nSPS) is 11.9. The topological polar surface area (TPSA) is 133 Å². The van der Waals surface area contributed by atoms with Crippen LogP contribution in [0.15, 0.2) is 58.5 Å². The van der Waals surface area contributed by atoms with E-state index in [0.717, 1.165) is 18.2 Å². The van der Waals surface area contributed by atoms with Crippen LogP contribution in [-0.4, -0.2) is 38.2 Å². The molecular weight excluding hydrogens is 472 g/mol. The molecular formula is C24H26N4O6S. The van der Waals surface area contributed by atoms with E-state index in [1.54, 1.807) is 28.8 Å². The Bertz CT molecular complexity index is 1310. The van der Waals surface area contributed by atoms with Crippen molar-refractivity contribution < 1.29 is 19.2 Å². The minimum absolute atomic E-state index is 0.152. The number of ether oxygens (including phenoxy) is 1. The Labute approximate surface area is 205 Å². The van der Waals surface area contributed by atoms with Gasteiger partial charge in [0.25, 0.3) is 17.2 Å². The van der Waals surface area contributed by atoms with Crippen molar-refractivity contribution in [2.75, 3.05) is 11.1 Å². The second kappa shape index (κ2) is 11.6. The Hall–Kier alpha value is -3.73. The highest BCUT2D eigenvalue weighted by atomic mass is 32.2. The maximum Gasteiger partial charge on any atom is 0.317 e. The molecule has 0 aliphatic carbocycles. The molecule has 0 spiro atoms. The van der Waals surface area contributed by atoms with E-state index in [1.165, 1.54) is 31.2 Å². The van der Waals surface area contributed by atoms with Crippen molar-refractivity contribution in [2.45, 2.75) is 45.0 Å². The van der Waals surface area contributed by atoms with Crippen LogP contribution in [0.3, 0.4) is 0 Å². The molecule has 11 heteroatoms. The third-order valence-electron chi connectivity index (χ3n) is 5.08. The van der Waals surface area contributed by atoms with Gasteiger partial charge in [0.15, 0.2) is 11.3 Å². The fourth-order valence-electron chi connectivity index (χ4n) is 3.19. The highest BCUT2D eigenvalue weighted by Crippen LogP contribution is 2.20. The largest absolute Gasteiger partial charge is 0.452 e. The summed E-state index contributed by atoms with van der Waals surface area (Å²) in [6, 6.07) is 12.5. The summed E-state index contributed by atoms with van der Waals surface area (Å²) in [5.41, 5.74) is 0.418. The van der Waals surface area contributed by atoms with Gasteiger partial charge in [-0.3, -0.25) is 29.1 Å². The van der Waals surface area contributed by atoms with Gasteiger partial charge in [0, 0.05) is 24.4 Å². The van der Waals surface area contributed by atoms with E-state index in [-0.39, 0.29) is 22.7 Å². The first-order valence-electron chi connectivity index (χ1n) is 11.0. The average Bonchev–Trinajstić information content (AvgIpc) is 2.82. The summed E-state index contributed by atoms with van der Waals surface area (Å²) in [6.45, 7) is 5.99. The number of benzene rings is 2. The average molecular weight is 499 g/mol. The summed E-state index contributed by atoms with van der Waals surface area (Å²) in [4.78, 5) is 52.7. The van der Waals surface area contributed by atoms with E-state index >= 15 is 0 Å². The van der Waals surface area contributed by atoms with Gasteiger partial charge in [-0.2, -0.15) is 0 Å². The van der Waals surface area contributed by atoms with E-state index in [4.69, 9.17) is 4.74 Å². The number of thioether (sulfide) groups is 1. The highest BCUT2D eigenvalue weighted by molar-refractivity contribution is 7.99. The number of hydrogen-bond acceptors (Lipinski definition) is 8. The van der Waals surface area contributed by atoms with Gasteiger partial charge < -0.3 is 10.1 Å². The van der Waals surface area contributed by atoms with Crippen LogP contribution >= 0.6 is 11.8 Å². The number of nitro benzene ring substituents is 1. The number of rotatable bonds is 10. The summed E-state index contributed by atoms with van der Waals surface area (Å²) in [6.07, 6.45) is -0.359. The molecule has 0 aliphatic heterocycles. The number of carbonyl (C=O) groups excluding carboxylic acids is 2. The van der Waals surface area contributed by atoms with Crippen molar-refractivity contribution >= 4 is 45.9 Å². The first kappa shape index (κ1) is 25.9. The predicted molar refractivity (Wildman–Crippen MR) is 133 cm³/mol. The van der Waals surface area contributed by atoms with Crippen molar-refractivity contribution in [2.24, 2.45) is 5.92 Å². The molecule has 0 saturated carbocycles. The molecule has 2 aromatic carbocycles. The number of aromatic nitrogens is 2. The Morgan fingerprint density at radius 1 is 1.17 bits per heavy atom. The highest BCUT2D eigenvalue weighted by Gasteiger charge is 2.20. The standard InChI is InChI=1S/C24H26N4O6S/c1-15(2)11-12-27-23(31)19-9-4-5-10-20(19)26-24(27)35-14-21(29)34-16(3)22(30)25-17-7-6-8-18(13-17)28(32)33/h4-10,13,15-16H,11-12,14H2,1-3H3,(H,25,30). The molecule has 0 radical (unpaired) electrons. The van der Waals surface area contributed by atoms with Gasteiger partial charge in [-0.1, -0.05) is 43.8 Å². The molecule has 1 N–H and O–H groups in total.